The van der Waals surface area contributed by atoms with Crippen LogP contribution in [0.15, 0.2) is 0 Å². The van der Waals surface area contributed by atoms with Gasteiger partial charge in [0.2, 0.25) is 0 Å². The van der Waals surface area contributed by atoms with E-state index in [4.69, 9.17) is 5.11 Å². The number of esters is 1. The summed E-state index contributed by atoms with van der Waals surface area (Å²) in [7, 11) is 0. The van der Waals surface area contributed by atoms with Crippen LogP contribution in [-0.4, -0.2) is 23.7 Å². The van der Waals surface area contributed by atoms with Gasteiger partial charge in [-0.2, -0.15) is 0 Å². The second-order valence-electron chi connectivity index (χ2n) is 2.14. The minimum atomic E-state index is -1.15. The van der Waals surface area contributed by atoms with Gasteiger partial charge in [0.15, 0.2) is 0 Å². The number of rotatable bonds is 5. The van der Waals surface area contributed by atoms with Crippen molar-refractivity contribution in [3.8, 4) is 0 Å². The van der Waals surface area contributed by atoms with E-state index in [1.54, 1.807) is 0 Å². The fourth-order valence-electron chi connectivity index (χ4n) is 0.505. The van der Waals surface area contributed by atoms with E-state index in [1.165, 1.54) is 0 Å². The normalized spacial score (nSPS) is 8.42. The molecule has 0 aliphatic carbocycles. The average Bonchev–Trinajstić information content (AvgIpc) is 1.86. The molecule has 0 aliphatic rings. The molecule has 0 radical (unpaired) electrons. The van der Waals surface area contributed by atoms with Crippen LogP contribution in [0.4, 0.5) is 0 Å². The Bertz CT molecular complexity index is 151. The number of carboxylic acid groups (broad SMARTS) is 1. The van der Waals surface area contributed by atoms with Gasteiger partial charge in [-0.05, 0) is 6.42 Å². The summed E-state index contributed by atoms with van der Waals surface area (Å²) in [6.45, 7) is 2.29. The van der Waals surface area contributed by atoms with E-state index >= 15 is 0 Å². The molecule has 0 aliphatic heterocycles. The van der Waals surface area contributed by atoms with Gasteiger partial charge in [-0.15, -0.1) is 0 Å². The molecule has 0 atom stereocenters. The van der Waals surface area contributed by atoms with Crippen LogP contribution >= 0.6 is 0 Å². The maximum absolute atomic E-state index is 10.5. The quantitative estimate of drug-likeness (QED) is 0.344. The van der Waals surface area contributed by atoms with Crippen LogP contribution < -0.4 is 58.2 Å². The number of ether oxygens (including phenoxy) is 1. The Kier molecular flexibility index (Phi) is 12.5. The molecule has 0 saturated heterocycles. The molecule has 0 fully saturated rings. The molecule has 0 rings (SSSR count). The molecule has 5 heteroatoms. The van der Waals surface area contributed by atoms with E-state index in [0.29, 0.717) is 6.61 Å². The van der Waals surface area contributed by atoms with Crippen molar-refractivity contribution < 1.29 is 79.0 Å². The topological polar surface area (TPSA) is 63.6 Å². The molecule has 0 spiro atoms. The van der Waals surface area contributed by atoms with Crippen LogP contribution in [0.3, 0.4) is 0 Å². The van der Waals surface area contributed by atoms with Gasteiger partial charge < -0.3 is 11.3 Å². The van der Waals surface area contributed by atoms with Crippen molar-refractivity contribution in [2.24, 2.45) is 0 Å². The van der Waals surface area contributed by atoms with E-state index in [2.05, 4.69) is 4.74 Å². The fourth-order valence-corrected chi connectivity index (χ4v) is 0.505. The summed E-state index contributed by atoms with van der Waals surface area (Å²) in [4.78, 5) is 20.5. The first-order valence-electron chi connectivity index (χ1n) is 3.54. The van der Waals surface area contributed by atoms with E-state index in [-0.39, 0.29) is 59.6 Å². The molecule has 0 aromatic carbocycles. The number of carbonyl (C=O) groups is 2. The number of unbranched alkanes of at least 4 members (excludes halogenated alkanes) is 1. The van der Waals surface area contributed by atoms with Gasteiger partial charge in [0.25, 0.3) is 0 Å². The second kappa shape index (κ2) is 9.83. The molecule has 0 bridgehead atoms. The van der Waals surface area contributed by atoms with Gasteiger partial charge in [0.1, 0.15) is 6.42 Å². The van der Waals surface area contributed by atoms with Gasteiger partial charge in [-0.1, -0.05) is 13.3 Å². The molecule has 4 nitrogen and oxygen atoms in total. The van der Waals surface area contributed by atoms with E-state index in [1.807, 2.05) is 6.92 Å². The molecule has 0 amide bonds. The van der Waals surface area contributed by atoms with Gasteiger partial charge in [-0.3, -0.25) is 9.59 Å². The van der Waals surface area contributed by atoms with E-state index in [0.717, 1.165) is 12.8 Å². The Morgan fingerprint density at radius 3 is 2.50 bits per heavy atom. The monoisotopic (exact) mass is 246 g/mol. The van der Waals surface area contributed by atoms with Crippen LogP contribution in [-0.2, 0) is 14.3 Å². The summed E-state index contributed by atoms with van der Waals surface area (Å²) < 4.78 is 4.57. The first-order valence-corrected chi connectivity index (χ1v) is 3.54. The number of carboxylic acids is 1. The third kappa shape index (κ3) is 10.7. The van der Waals surface area contributed by atoms with Gasteiger partial charge in [0.05, 0.1) is 6.61 Å². The maximum Gasteiger partial charge on any atom is 1.00 e. The van der Waals surface area contributed by atoms with Crippen LogP contribution in [0.2, 0.25) is 0 Å². The summed E-state index contributed by atoms with van der Waals surface area (Å²) in [6.07, 6.45) is 1.18. The fraction of sp³-hybridized carbons (Fsp3) is 0.714. The zero-order chi connectivity index (χ0) is 8.69. The maximum atomic E-state index is 10.5. The van der Waals surface area contributed by atoms with Crippen molar-refractivity contribution in [2.45, 2.75) is 26.2 Å². The van der Waals surface area contributed by atoms with Gasteiger partial charge in [-0.25, -0.2) is 0 Å². The predicted molar refractivity (Wildman–Crippen MR) is 39.2 cm³/mol. The zero-order valence-corrected chi connectivity index (χ0v) is 12.4. The summed E-state index contributed by atoms with van der Waals surface area (Å²) >= 11 is 0. The predicted octanol–water partition coefficient (Wildman–Crippen LogP) is -2.08. The molecule has 0 saturated carbocycles. The second-order valence-corrected chi connectivity index (χ2v) is 2.14. The summed E-state index contributed by atoms with van der Waals surface area (Å²) in [6, 6.07) is 0. The smallest absolute Gasteiger partial charge is 1.00 e. The first kappa shape index (κ1) is 15.2. The molecule has 1 N–H and O–H groups in total. The van der Waals surface area contributed by atoms with Crippen molar-refractivity contribution in [1.82, 2.24) is 0 Å². The van der Waals surface area contributed by atoms with Crippen molar-refractivity contribution in [2.75, 3.05) is 6.61 Å². The van der Waals surface area contributed by atoms with Crippen LogP contribution in [0, 0.1) is 0 Å². The van der Waals surface area contributed by atoms with E-state index < -0.39 is 18.4 Å². The number of carbonyl (C=O) groups excluding carboxylic acids is 1. The summed E-state index contributed by atoms with van der Waals surface area (Å²) in [5.41, 5.74) is 0. The summed E-state index contributed by atoms with van der Waals surface area (Å²) in [5.74, 6) is -1.81. The number of hydrogen-bond donors (Lipinski definition) is 1. The Morgan fingerprint density at radius 1 is 1.50 bits per heavy atom. The minimum absolute atomic E-state index is 0. The molecule has 66 valence electrons. The third-order valence-corrected chi connectivity index (χ3v) is 1.06. The van der Waals surface area contributed by atoms with Crippen molar-refractivity contribution in [3.63, 3.8) is 0 Å². The first-order chi connectivity index (χ1) is 5.16. The van der Waals surface area contributed by atoms with Crippen molar-refractivity contribution in [3.05, 3.63) is 0 Å². The Balaban J connectivity index is -0.000000500. The molecule has 0 unspecified atom stereocenters. The Morgan fingerprint density at radius 2 is 2.08 bits per heavy atom. The van der Waals surface area contributed by atoms with E-state index in [9.17, 15) is 9.59 Å². The third-order valence-electron chi connectivity index (χ3n) is 1.06. The summed E-state index contributed by atoms with van der Waals surface area (Å²) in [5, 5.41) is 8.14. The standard InChI is InChI=1S/C7H12O4.Rb.H/c1-2-3-4-11-7(10)5-6(8)9;;/h2-5H2,1H3,(H,8,9);;/q;+1;-1. The molecule has 0 aromatic heterocycles. The van der Waals surface area contributed by atoms with Gasteiger partial charge >= 0.3 is 70.1 Å². The molecule has 0 aromatic rings. The largest absolute Gasteiger partial charge is 1.00 e. The van der Waals surface area contributed by atoms with Crippen molar-refractivity contribution in [1.29, 1.82) is 0 Å². The van der Waals surface area contributed by atoms with Gasteiger partial charge in [0, 0.05) is 0 Å². The minimum Gasteiger partial charge on any atom is -1.00 e. The number of hydrogen-bond acceptors (Lipinski definition) is 3. The Hall–Kier alpha value is 0.745. The molecule has 0 heterocycles. The van der Waals surface area contributed by atoms with Crippen LogP contribution in [0.25, 0.3) is 0 Å². The molecular formula is C7H13O4Rb. The zero-order valence-electron chi connectivity index (χ0n) is 8.50. The van der Waals surface area contributed by atoms with Crippen LogP contribution in [0.1, 0.15) is 27.6 Å². The molecule has 12 heavy (non-hydrogen) atoms. The number of aliphatic carboxylic acids is 1. The van der Waals surface area contributed by atoms with Crippen molar-refractivity contribution >= 4 is 11.9 Å². The average molecular weight is 247 g/mol. The molecular weight excluding hydrogens is 234 g/mol. The van der Waals surface area contributed by atoms with Crippen LogP contribution in [0.5, 0.6) is 0 Å². The SMILES string of the molecule is CCCCOC(=O)CC(=O)O.[H-].[Rb+]. The Labute approximate surface area is 122 Å².